The summed E-state index contributed by atoms with van der Waals surface area (Å²) in [6, 6.07) is 12.5. The first-order valence-electron chi connectivity index (χ1n) is 21.5. The number of rotatable bonds is 34. The summed E-state index contributed by atoms with van der Waals surface area (Å²) in [6.07, 6.45) is 17.5. The third-order valence-electron chi connectivity index (χ3n) is 9.61. The number of hydrogen-bond donors (Lipinski definition) is 2. The Bertz CT molecular complexity index is 1540. The van der Waals surface area contributed by atoms with E-state index >= 15 is 0 Å². The molecule has 2 aromatic rings. The molecule has 0 spiro atoms. The van der Waals surface area contributed by atoms with Gasteiger partial charge in [-0.3, -0.25) is 18.9 Å². The zero-order chi connectivity index (χ0) is 43.4. The number of quaternary nitrogens is 1. The molecule has 0 saturated heterocycles. The van der Waals surface area contributed by atoms with Crippen LogP contribution in [0.4, 0.5) is 11.4 Å². The van der Waals surface area contributed by atoms with Crippen molar-refractivity contribution in [3.63, 3.8) is 0 Å². The molecule has 0 saturated carbocycles. The lowest BCUT2D eigenvalue weighted by atomic mass is 10.0. The minimum absolute atomic E-state index is 0.0615. The smallest absolute Gasteiger partial charge is 0.306 e. The lowest BCUT2D eigenvalue weighted by Gasteiger charge is -2.28. The number of carbonyl (C=O) groups excluding carboxylic acids is 3. The van der Waals surface area contributed by atoms with E-state index in [4.69, 9.17) is 41.7 Å². The van der Waals surface area contributed by atoms with Gasteiger partial charge in [0, 0.05) is 25.1 Å². The second-order valence-corrected chi connectivity index (χ2v) is 18.3. The Morgan fingerprint density at radius 3 is 1.88 bits per heavy atom. The van der Waals surface area contributed by atoms with E-state index in [0.29, 0.717) is 38.9 Å². The molecule has 12 nitrogen and oxygen atoms in total. The van der Waals surface area contributed by atoms with Gasteiger partial charge < -0.3 is 38.5 Å². The number of para-hydroxylation sites is 2. The number of likely N-dealkylation sites (N-methyl/N-ethyl adjacent to an activating group) is 1. The summed E-state index contributed by atoms with van der Waals surface area (Å²) in [5.41, 5.74) is 1.92. The molecule has 0 aliphatic rings. The summed E-state index contributed by atoms with van der Waals surface area (Å²) >= 11 is 12.6. The number of phosphoric ester groups is 1. The molecule has 0 bridgehead atoms. The van der Waals surface area contributed by atoms with Gasteiger partial charge in [0.25, 0.3) is 7.82 Å². The Morgan fingerprint density at radius 1 is 0.729 bits per heavy atom. The Hall–Kier alpha value is -2.70. The Morgan fingerprint density at radius 2 is 1.29 bits per heavy atom. The maximum Gasteiger partial charge on any atom is 0.306 e. The minimum Gasteiger partial charge on any atom is -0.756 e. The highest BCUT2D eigenvalue weighted by molar-refractivity contribution is 7.45. The lowest BCUT2D eigenvalue weighted by molar-refractivity contribution is -0.870. The fraction of sp³-hybridized carbons (Fsp3) is 0.659. The van der Waals surface area contributed by atoms with Crippen molar-refractivity contribution in [1.82, 2.24) is 5.32 Å². The van der Waals surface area contributed by atoms with Gasteiger partial charge in [0.2, 0.25) is 5.91 Å². The normalized spacial score (nSPS) is 13.1. The van der Waals surface area contributed by atoms with Crippen LogP contribution in [0.2, 0.25) is 10.0 Å². The largest absolute Gasteiger partial charge is 0.756 e. The first-order valence-corrected chi connectivity index (χ1v) is 23.7. The number of unbranched alkanes of at least 4 members (excludes halogenated alkanes) is 14. The van der Waals surface area contributed by atoms with Gasteiger partial charge in [-0.1, -0.05) is 144 Å². The van der Waals surface area contributed by atoms with E-state index in [9.17, 15) is 23.8 Å². The number of ether oxygens (including phenoxy) is 2. The Kier molecular flexibility index (Phi) is 27.0. The maximum atomic E-state index is 12.8. The van der Waals surface area contributed by atoms with Crippen molar-refractivity contribution < 1.29 is 46.8 Å². The number of nitrogens with zero attached hydrogens (tertiary/aromatic N) is 1. The van der Waals surface area contributed by atoms with Gasteiger partial charge in [0.15, 0.2) is 6.10 Å². The molecule has 0 aliphatic carbocycles. The highest BCUT2D eigenvalue weighted by Gasteiger charge is 2.22. The predicted molar refractivity (Wildman–Crippen MR) is 235 cm³/mol. The summed E-state index contributed by atoms with van der Waals surface area (Å²) < 4.78 is 33.8. The molecule has 1 amide bonds. The van der Waals surface area contributed by atoms with Crippen molar-refractivity contribution in [2.45, 2.75) is 135 Å². The van der Waals surface area contributed by atoms with E-state index in [1.807, 2.05) is 45.4 Å². The van der Waals surface area contributed by atoms with Crippen LogP contribution in [0.1, 0.15) is 128 Å². The van der Waals surface area contributed by atoms with Gasteiger partial charge >= 0.3 is 11.9 Å². The molecule has 0 aromatic heterocycles. The van der Waals surface area contributed by atoms with Gasteiger partial charge in [0.05, 0.1) is 49.9 Å². The van der Waals surface area contributed by atoms with Crippen LogP contribution in [0.5, 0.6) is 0 Å². The van der Waals surface area contributed by atoms with E-state index in [1.54, 1.807) is 18.2 Å². The molecule has 1 unspecified atom stereocenters. The van der Waals surface area contributed by atoms with Crippen molar-refractivity contribution in [2.24, 2.45) is 0 Å². The van der Waals surface area contributed by atoms with E-state index in [0.717, 1.165) is 24.8 Å². The van der Waals surface area contributed by atoms with Gasteiger partial charge in [-0.05, 0) is 36.6 Å². The molecule has 2 rings (SSSR count). The van der Waals surface area contributed by atoms with Gasteiger partial charge in [0.1, 0.15) is 19.8 Å². The fourth-order valence-electron chi connectivity index (χ4n) is 6.14. The molecular weight excluding hydrogens is 816 g/mol. The van der Waals surface area contributed by atoms with Crippen molar-refractivity contribution in [3.8, 4) is 0 Å². The van der Waals surface area contributed by atoms with Crippen LogP contribution < -0.4 is 15.5 Å². The minimum atomic E-state index is -4.72. The second-order valence-electron chi connectivity index (χ2n) is 16.1. The zero-order valence-corrected chi connectivity index (χ0v) is 38.3. The van der Waals surface area contributed by atoms with E-state index in [2.05, 4.69) is 17.6 Å². The fourth-order valence-corrected chi connectivity index (χ4v) is 7.36. The number of amides is 1. The van der Waals surface area contributed by atoms with Crippen molar-refractivity contribution >= 4 is 60.2 Å². The van der Waals surface area contributed by atoms with Crippen LogP contribution in [0.25, 0.3) is 0 Å². The predicted octanol–water partition coefficient (Wildman–Crippen LogP) is 10.1. The van der Waals surface area contributed by atoms with Crippen molar-refractivity contribution in [3.05, 3.63) is 58.1 Å². The molecule has 0 radical (unpaired) electrons. The average molecular weight is 887 g/mol. The number of esters is 2. The van der Waals surface area contributed by atoms with Crippen LogP contribution in [-0.4, -0.2) is 82.5 Å². The first-order chi connectivity index (χ1) is 28.2. The summed E-state index contributed by atoms with van der Waals surface area (Å²) in [7, 11) is 0.962. The third-order valence-corrected chi connectivity index (χ3v) is 11.2. The van der Waals surface area contributed by atoms with Crippen LogP contribution in [0.15, 0.2) is 42.5 Å². The SMILES string of the molecule is CCCCCCCCCCCCCCCCCC(=O)OC[C@H](COP(=O)([O-])OCC[N+](C)(C)C)OC(=O)CCCNC(=O)Cc1ccccc1Nc1c(Cl)cccc1Cl. The molecule has 0 heterocycles. The lowest BCUT2D eigenvalue weighted by Crippen LogP contribution is -2.37. The third kappa shape index (κ3) is 26.3. The molecule has 15 heteroatoms. The average Bonchev–Trinajstić information content (AvgIpc) is 3.17. The van der Waals surface area contributed by atoms with Gasteiger partial charge in [-0.2, -0.15) is 0 Å². The maximum absolute atomic E-state index is 12.8. The van der Waals surface area contributed by atoms with Crippen LogP contribution >= 0.6 is 31.0 Å². The van der Waals surface area contributed by atoms with Crippen LogP contribution in [0.3, 0.4) is 0 Å². The van der Waals surface area contributed by atoms with Crippen LogP contribution in [0, 0.1) is 0 Å². The zero-order valence-electron chi connectivity index (χ0n) is 35.9. The van der Waals surface area contributed by atoms with Gasteiger partial charge in [-0.25, -0.2) is 0 Å². The highest BCUT2D eigenvalue weighted by atomic mass is 35.5. The van der Waals surface area contributed by atoms with E-state index in [1.165, 1.54) is 70.6 Å². The first kappa shape index (κ1) is 52.4. The van der Waals surface area contributed by atoms with E-state index < -0.39 is 32.5 Å². The number of benzene rings is 2. The van der Waals surface area contributed by atoms with E-state index in [-0.39, 0.29) is 51.3 Å². The molecule has 334 valence electrons. The summed E-state index contributed by atoms with van der Waals surface area (Å²) in [5.74, 6) is -1.38. The number of anilines is 2. The summed E-state index contributed by atoms with van der Waals surface area (Å²) in [5, 5.41) is 6.90. The summed E-state index contributed by atoms with van der Waals surface area (Å²) in [6.45, 7) is 1.81. The monoisotopic (exact) mass is 885 g/mol. The highest BCUT2D eigenvalue weighted by Crippen LogP contribution is 2.38. The van der Waals surface area contributed by atoms with Crippen molar-refractivity contribution in [2.75, 3.05) is 59.4 Å². The van der Waals surface area contributed by atoms with Gasteiger partial charge in [-0.15, -0.1) is 0 Å². The van der Waals surface area contributed by atoms with Crippen molar-refractivity contribution in [1.29, 1.82) is 0 Å². The quantitative estimate of drug-likeness (QED) is 0.0301. The molecule has 2 N–H and O–H groups in total. The number of halogens is 2. The second kappa shape index (κ2) is 30.3. The molecule has 0 aliphatic heterocycles. The topological polar surface area (TPSA) is 152 Å². The van der Waals surface area contributed by atoms with Crippen LogP contribution in [-0.2, 0) is 43.9 Å². The molecule has 2 atom stereocenters. The summed E-state index contributed by atoms with van der Waals surface area (Å²) in [4.78, 5) is 50.6. The number of nitrogens with one attached hydrogen (secondary N) is 2. The number of phosphoric acid groups is 1. The number of carbonyl (C=O) groups is 3. The molecule has 2 aromatic carbocycles. The molecule has 59 heavy (non-hydrogen) atoms. The Labute approximate surface area is 363 Å². The number of hydrogen-bond acceptors (Lipinski definition) is 10. The standard InChI is InChI=1S/C44H70Cl2N3O9P/c1-5-6-7-8-9-10-11-12-13-14-15-16-17-18-19-28-42(51)55-34-37(35-57-59(53,54)56-32-31-49(2,3)4)58-43(52)29-23-30-47-41(50)33-36-24-20-21-27-40(36)48-44-38(45)25-22-26-39(44)46/h20-22,24-27,37,48H,5-19,23,28-35H2,1-4H3,(H-,47,50,53,54)/t37-/m1/s1. The molecular formula is C44H70Cl2N3O9P. The Balaban J connectivity index is 1.75. The molecule has 0 fully saturated rings.